The fourth-order valence-electron chi connectivity index (χ4n) is 1.06. The summed E-state index contributed by atoms with van der Waals surface area (Å²) in [5.74, 6) is 0.0449. The number of phenols is 1. The number of nitrogens with two attached hydrogens (primary N) is 1. The molecule has 1 aromatic carbocycles. The van der Waals surface area contributed by atoms with Crippen molar-refractivity contribution in [2.24, 2.45) is 5.73 Å². The minimum absolute atomic E-state index is 0.0449. The lowest BCUT2D eigenvalue weighted by molar-refractivity contribution is 0.440. The van der Waals surface area contributed by atoms with E-state index in [2.05, 4.69) is 15.9 Å². The first-order chi connectivity index (χ1) is 5.84. The molecule has 72 valence electrons. The maximum Gasteiger partial charge on any atom is 0.140 e. The summed E-state index contributed by atoms with van der Waals surface area (Å²) in [6.07, 6.45) is 0. The fourth-order valence-corrected chi connectivity index (χ4v) is 1.54. The summed E-state index contributed by atoms with van der Waals surface area (Å²) < 4.78 is 0.666. The van der Waals surface area contributed by atoms with E-state index in [0.29, 0.717) is 15.1 Å². The highest BCUT2D eigenvalue weighted by Gasteiger charge is 2.20. The maximum absolute atomic E-state index is 9.67. The Bertz CT molecular complexity index is 333. The molecule has 0 amide bonds. The van der Waals surface area contributed by atoms with Crippen molar-refractivity contribution in [3.8, 4) is 5.75 Å². The third kappa shape index (κ3) is 2.16. The number of benzene rings is 1. The molecule has 0 fully saturated rings. The minimum Gasteiger partial charge on any atom is -0.506 e. The summed E-state index contributed by atoms with van der Waals surface area (Å²) in [6.45, 7) is 3.62. The van der Waals surface area contributed by atoms with Crippen molar-refractivity contribution >= 4 is 27.5 Å². The Balaban J connectivity index is 3.35. The van der Waals surface area contributed by atoms with E-state index in [1.54, 1.807) is 12.1 Å². The molecule has 0 unspecified atom stereocenters. The van der Waals surface area contributed by atoms with Crippen LogP contribution in [0.2, 0.25) is 5.02 Å². The molecule has 0 heterocycles. The molecule has 0 spiro atoms. The van der Waals surface area contributed by atoms with Crippen molar-refractivity contribution in [2.75, 3.05) is 0 Å². The topological polar surface area (TPSA) is 46.2 Å². The molecular weight excluding hydrogens is 253 g/mol. The van der Waals surface area contributed by atoms with Crippen LogP contribution in [0.3, 0.4) is 0 Å². The Labute approximate surface area is 90.8 Å². The Morgan fingerprint density at radius 3 is 2.46 bits per heavy atom. The van der Waals surface area contributed by atoms with Crippen LogP contribution in [0.25, 0.3) is 0 Å². The second-order valence-electron chi connectivity index (χ2n) is 3.48. The second kappa shape index (κ2) is 3.48. The molecule has 0 aliphatic rings. The van der Waals surface area contributed by atoms with Gasteiger partial charge in [0.2, 0.25) is 0 Å². The van der Waals surface area contributed by atoms with Crippen LogP contribution in [0.15, 0.2) is 16.6 Å². The Morgan fingerprint density at radius 2 is 2.00 bits per heavy atom. The molecule has 2 nitrogen and oxygen atoms in total. The minimum atomic E-state index is -0.589. The third-order valence-corrected chi connectivity index (χ3v) is 3.03. The molecule has 0 saturated heterocycles. The van der Waals surface area contributed by atoms with Crippen molar-refractivity contribution in [1.82, 2.24) is 0 Å². The van der Waals surface area contributed by atoms with Gasteiger partial charge in [-0.2, -0.15) is 0 Å². The zero-order valence-electron chi connectivity index (χ0n) is 7.44. The van der Waals surface area contributed by atoms with Crippen molar-refractivity contribution in [2.45, 2.75) is 19.4 Å². The highest BCUT2D eigenvalue weighted by molar-refractivity contribution is 9.10. The molecule has 0 aliphatic carbocycles. The van der Waals surface area contributed by atoms with Crippen LogP contribution in [0, 0.1) is 0 Å². The molecule has 3 N–H and O–H groups in total. The predicted octanol–water partition coefficient (Wildman–Crippen LogP) is 3.00. The van der Waals surface area contributed by atoms with Gasteiger partial charge in [0.15, 0.2) is 0 Å². The van der Waals surface area contributed by atoms with E-state index in [0.717, 1.165) is 0 Å². The third-order valence-electron chi connectivity index (χ3n) is 1.76. The highest BCUT2D eigenvalue weighted by Crippen LogP contribution is 2.37. The molecule has 4 heteroatoms. The smallest absolute Gasteiger partial charge is 0.140 e. The van der Waals surface area contributed by atoms with Crippen LogP contribution in [-0.2, 0) is 5.54 Å². The van der Waals surface area contributed by atoms with Gasteiger partial charge in [-0.25, -0.2) is 0 Å². The molecular formula is C9H11BrClNO. The SMILES string of the molecule is CC(C)(N)c1ccc(Br)c(Cl)c1O. The Kier molecular flexibility index (Phi) is 2.90. The van der Waals surface area contributed by atoms with Gasteiger partial charge in [-0.1, -0.05) is 17.7 Å². The van der Waals surface area contributed by atoms with Gasteiger partial charge in [0.25, 0.3) is 0 Å². The van der Waals surface area contributed by atoms with Gasteiger partial charge in [-0.3, -0.25) is 0 Å². The van der Waals surface area contributed by atoms with E-state index in [1.165, 1.54) is 0 Å². The molecule has 0 bridgehead atoms. The molecule has 0 saturated carbocycles. The summed E-state index contributed by atoms with van der Waals surface area (Å²) in [5.41, 5.74) is 5.89. The van der Waals surface area contributed by atoms with Crippen LogP contribution in [0.5, 0.6) is 5.75 Å². The number of aromatic hydroxyl groups is 1. The van der Waals surface area contributed by atoms with Crippen LogP contribution in [-0.4, -0.2) is 5.11 Å². The van der Waals surface area contributed by atoms with Crippen LogP contribution in [0.1, 0.15) is 19.4 Å². The van der Waals surface area contributed by atoms with E-state index in [1.807, 2.05) is 13.8 Å². The van der Waals surface area contributed by atoms with Crippen LogP contribution >= 0.6 is 27.5 Å². The van der Waals surface area contributed by atoms with Crippen molar-refractivity contribution in [3.63, 3.8) is 0 Å². The molecule has 0 aliphatic heterocycles. The summed E-state index contributed by atoms with van der Waals surface area (Å²) in [7, 11) is 0. The van der Waals surface area contributed by atoms with Crippen LogP contribution < -0.4 is 5.73 Å². The zero-order chi connectivity index (χ0) is 10.2. The molecule has 13 heavy (non-hydrogen) atoms. The quantitative estimate of drug-likeness (QED) is 0.819. The first kappa shape index (κ1) is 10.8. The number of hydrogen-bond acceptors (Lipinski definition) is 2. The monoisotopic (exact) mass is 263 g/mol. The predicted molar refractivity (Wildman–Crippen MR) is 58.0 cm³/mol. The van der Waals surface area contributed by atoms with Crippen LogP contribution in [0.4, 0.5) is 0 Å². The summed E-state index contributed by atoms with van der Waals surface area (Å²) in [5, 5.41) is 9.97. The van der Waals surface area contributed by atoms with Gasteiger partial charge in [-0.05, 0) is 35.8 Å². The van der Waals surface area contributed by atoms with E-state index in [-0.39, 0.29) is 5.75 Å². The zero-order valence-corrected chi connectivity index (χ0v) is 9.78. The molecule has 1 rings (SSSR count). The fraction of sp³-hybridized carbons (Fsp3) is 0.333. The lowest BCUT2D eigenvalue weighted by atomic mass is 9.95. The first-order valence-corrected chi connectivity index (χ1v) is 4.97. The number of hydrogen-bond donors (Lipinski definition) is 2. The van der Waals surface area contributed by atoms with Gasteiger partial charge < -0.3 is 10.8 Å². The number of halogens is 2. The van der Waals surface area contributed by atoms with Gasteiger partial charge >= 0.3 is 0 Å². The van der Waals surface area contributed by atoms with Crippen molar-refractivity contribution in [3.05, 3.63) is 27.2 Å². The van der Waals surface area contributed by atoms with E-state index in [9.17, 15) is 5.11 Å². The van der Waals surface area contributed by atoms with Gasteiger partial charge in [0.05, 0.1) is 5.02 Å². The molecule has 0 aromatic heterocycles. The average Bonchev–Trinajstić information content (AvgIpc) is 1.98. The van der Waals surface area contributed by atoms with Gasteiger partial charge in [0.1, 0.15) is 5.75 Å². The molecule has 0 radical (unpaired) electrons. The second-order valence-corrected chi connectivity index (χ2v) is 4.71. The Hall–Kier alpha value is -0.250. The Morgan fingerprint density at radius 1 is 1.46 bits per heavy atom. The molecule has 0 atom stereocenters. The molecule has 1 aromatic rings. The average molecular weight is 265 g/mol. The summed E-state index contributed by atoms with van der Waals surface area (Å²) in [6, 6.07) is 3.53. The van der Waals surface area contributed by atoms with E-state index < -0.39 is 5.54 Å². The summed E-state index contributed by atoms with van der Waals surface area (Å²) >= 11 is 9.05. The van der Waals surface area contributed by atoms with Crippen molar-refractivity contribution < 1.29 is 5.11 Å². The normalized spacial score (nSPS) is 11.8. The van der Waals surface area contributed by atoms with Crippen molar-refractivity contribution in [1.29, 1.82) is 0 Å². The van der Waals surface area contributed by atoms with E-state index in [4.69, 9.17) is 17.3 Å². The van der Waals surface area contributed by atoms with Gasteiger partial charge in [0, 0.05) is 15.6 Å². The standard InChI is InChI=1S/C9H11BrClNO/c1-9(2,12)5-3-4-6(10)7(11)8(5)13/h3-4,13H,12H2,1-2H3. The largest absolute Gasteiger partial charge is 0.506 e. The van der Waals surface area contributed by atoms with E-state index >= 15 is 0 Å². The number of rotatable bonds is 1. The maximum atomic E-state index is 9.67. The lowest BCUT2D eigenvalue weighted by Crippen LogP contribution is -2.28. The van der Waals surface area contributed by atoms with Gasteiger partial charge in [-0.15, -0.1) is 0 Å². The highest BCUT2D eigenvalue weighted by atomic mass is 79.9. The lowest BCUT2D eigenvalue weighted by Gasteiger charge is -2.21. The summed E-state index contributed by atoms with van der Waals surface area (Å²) in [4.78, 5) is 0. The first-order valence-electron chi connectivity index (χ1n) is 3.80. The number of phenolic OH excluding ortho intramolecular Hbond substituents is 1.